The Morgan fingerprint density at radius 1 is 1.77 bits per heavy atom. The van der Waals surface area contributed by atoms with Crippen LogP contribution in [0.15, 0.2) is 6.07 Å². The maximum atomic E-state index is 11.1. The molecular formula is C9H11N3O. The maximum absolute atomic E-state index is 11.1. The number of nitriles is 1. The fourth-order valence-electron chi connectivity index (χ4n) is 1.14. The van der Waals surface area contributed by atoms with Crippen molar-refractivity contribution in [2.75, 3.05) is 0 Å². The molecule has 0 amide bonds. The molecule has 0 atom stereocenters. The van der Waals surface area contributed by atoms with E-state index in [9.17, 15) is 4.79 Å². The molecule has 0 saturated carbocycles. The molecule has 68 valence electrons. The number of hydrogen-bond donors (Lipinski definition) is 0. The zero-order valence-electron chi connectivity index (χ0n) is 7.74. The number of carbonyl (C=O) groups excluding carboxylic acids is 1. The van der Waals surface area contributed by atoms with E-state index >= 15 is 0 Å². The number of rotatable bonds is 3. The molecule has 4 nitrogen and oxygen atoms in total. The van der Waals surface area contributed by atoms with Gasteiger partial charge in [-0.2, -0.15) is 10.4 Å². The van der Waals surface area contributed by atoms with Crippen LogP contribution in [0.1, 0.15) is 36.5 Å². The summed E-state index contributed by atoms with van der Waals surface area (Å²) in [6.45, 7) is 4.15. The highest BCUT2D eigenvalue weighted by molar-refractivity contribution is 5.92. The molecule has 4 heteroatoms. The molecule has 0 aliphatic carbocycles. The van der Waals surface area contributed by atoms with Gasteiger partial charge in [0.05, 0.1) is 0 Å². The summed E-state index contributed by atoms with van der Waals surface area (Å²) in [6.07, 6.45) is 0.896. The molecule has 0 unspecified atom stereocenters. The lowest BCUT2D eigenvalue weighted by atomic mass is 10.3. The summed E-state index contributed by atoms with van der Waals surface area (Å²) in [6, 6.07) is 3.44. The Kier molecular flexibility index (Phi) is 2.80. The number of carbonyl (C=O) groups is 1. The fraction of sp³-hybridized carbons (Fsp3) is 0.444. The van der Waals surface area contributed by atoms with Crippen molar-refractivity contribution in [1.29, 1.82) is 5.26 Å². The van der Waals surface area contributed by atoms with Crippen LogP contribution >= 0.6 is 0 Å². The summed E-state index contributed by atoms with van der Waals surface area (Å²) in [7, 11) is 0. The molecule has 0 aliphatic heterocycles. The lowest BCUT2D eigenvalue weighted by Crippen LogP contribution is -2.07. The standard InChI is InChI=1S/C9H11N3O/c1-3-4-12-9(7(2)13)5-8(6-10)11-12/h5H,3-4H2,1-2H3. The lowest BCUT2D eigenvalue weighted by molar-refractivity contribution is 0.100. The van der Waals surface area contributed by atoms with Gasteiger partial charge in [-0.25, -0.2) is 0 Å². The highest BCUT2D eigenvalue weighted by Crippen LogP contribution is 2.05. The molecule has 0 N–H and O–H groups in total. The van der Waals surface area contributed by atoms with Gasteiger partial charge in [0, 0.05) is 19.5 Å². The summed E-state index contributed by atoms with van der Waals surface area (Å²) < 4.78 is 1.58. The molecule has 0 aliphatic rings. The van der Waals surface area contributed by atoms with Crippen LogP contribution in [0.5, 0.6) is 0 Å². The molecule has 1 rings (SSSR count). The Morgan fingerprint density at radius 3 is 2.92 bits per heavy atom. The molecule has 1 heterocycles. The Labute approximate surface area is 76.8 Å². The molecule has 0 saturated heterocycles. The van der Waals surface area contributed by atoms with Gasteiger partial charge in [0.2, 0.25) is 0 Å². The van der Waals surface area contributed by atoms with Crippen molar-refractivity contribution in [3.8, 4) is 6.07 Å². The SMILES string of the molecule is CCCn1nc(C#N)cc1C(C)=O. The van der Waals surface area contributed by atoms with Gasteiger partial charge >= 0.3 is 0 Å². The van der Waals surface area contributed by atoms with Crippen molar-refractivity contribution in [2.45, 2.75) is 26.8 Å². The first-order valence-corrected chi connectivity index (χ1v) is 4.18. The van der Waals surface area contributed by atoms with Gasteiger partial charge in [-0.15, -0.1) is 0 Å². The summed E-state index contributed by atoms with van der Waals surface area (Å²) in [5.41, 5.74) is 0.817. The summed E-state index contributed by atoms with van der Waals surface area (Å²) >= 11 is 0. The van der Waals surface area contributed by atoms with Crippen LogP contribution in [0, 0.1) is 11.3 Å². The van der Waals surface area contributed by atoms with E-state index in [-0.39, 0.29) is 5.78 Å². The minimum atomic E-state index is -0.0533. The Balaban J connectivity index is 3.09. The Hall–Kier alpha value is -1.63. The number of nitrogens with zero attached hydrogens (tertiary/aromatic N) is 3. The highest BCUT2D eigenvalue weighted by Gasteiger charge is 2.10. The summed E-state index contributed by atoms with van der Waals surface area (Å²) in [5, 5.41) is 12.6. The topological polar surface area (TPSA) is 58.7 Å². The van der Waals surface area contributed by atoms with Crippen LogP contribution < -0.4 is 0 Å². The van der Waals surface area contributed by atoms with Gasteiger partial charge < -0.3 is 0 Å². The molecule has 0 aromatic carbocycles. The normalized spacial score (nSPS) is 9.62. The summed E-state index contributed by atoms with van der Waals surface area (Å²) in [5.74, 6) is -0.0533. The first-order chi connectivity index (χ1) is 6.19. The highest BCUT2D eigenvalue weighted by atomic mass is 16.1. The second kappa shape index (κ2) is 3.85. The van der Waals surface area contributed by atoms with E-state index in [1.165, 1.54) is 13.0 Å². The van der Waals surface area contributed by atoms with Crippen molar-refractivity contribution in [3.63, 3.8) is 0 Å². The minimum absolute atomic E-state index is 0.0533. The predicted molar refractivity (Wildman–Crippen MR) is 47.2 cm³/mol. The molecule has 13 heavy (non-hydrogen) atoms. The van der Waals surface area contributed by atoms with Crippen molar-refractivity contribution in [1.82, 2.24) is 9.78 Å². The molecule has 1 aromatic rings. The Bertz CT molecular complexity index is 359. The molecule has 1 aromatic heterocycles. The second-order valence-corrected chi connectivity index (χ2v) is 2.81. The third kappa shape index (κ3) is 1.94. The Morgan fingerprint density at radius 2 is 2.46 bits per heavy atom. The molecule has 0 bridgehead atoms. The van der Waals surface area contributed by atoms with Gasteiger partial charge in [0.1, 0.15) is 11.8 Å². The number of aryl methyl sites for hydroxylation is 1. The van der Waals surface area contributed by atoms with Gasteiger partial charge in [0.25, 0.3) is 0 Å². The fourth-order valence-corrected chi connectivity index (χ4v) is 1.14. The number of hydrogen-bond acceptors (Lipinski definition) is 3. The third-order valence-electron chi connectivity index (χ3n) is 1.69. The third-order valence-corrected chi connectivity index (χ3v) is 1.69. The van der Waals surface area contributed by atoms with E-state index in [0.29, 0.717) is 17.9 Å². The first kappa shape index (κ1) is 9.46. The smallest absolute Gasteiger partial charge is 0.177 e. The van der Waals surface area contributed by atoms with E-state index in [4.69, 9.17) is 5.26 Å². The maximum Gasteiger partial charge on any atom is 0.177 e. The quantitative estimate of drug-likeness (QED) is 0.655. The average Bonchev–Trinajstić information content (AvgIpc) is 2.48. The van der Waals surface area contributed by atoms with Crippen LogP contribution in [-0.2, 0) is 6.54 Å². The van der Waals surface area contributed by atoms with Crippen molar-refractivity contribution >= 4 is 5.78 Å². The summed E-state index contributed by atoms with van der Waals surface area (Å²) in [4.78, 5) is 11.1. The monoisotopic (exact) mass is 177 g/mol. The van der Waals surface area contributed by atoms with E-state index < -0.39 is 0 Å². The van der Waals surface area contributed by atoms with Crippen LogP contribution in [0.25, 0.3) is 0 Å². The minimum Gasteiger partial charge on any atom is -0.293 e. The van der Waals surface area contributed by atoms with Gasteiger partial charge in [-0.05, 0) is 6.42 Å². The van der Waals surface area contributed by atoms with E-state index in [1.807, 2.05) is 13.0 Å². The molecular weight excluding hydrogens is 166 g/mol. The van der Waals surface area contributed by atoms with Crippen LogP contribution in [0.2, 0.25) is 0 Å². The molecule has 0 fully saturated rings. The van der Waals surface area contributed by atoms with Gasteiger partial charge in [-0.1, -0.05) is 6.92 Å². The number of ketones is 1. The number of aromatic nitrogens is 2. The number of Topliss-reactive ketones (excluding diaryl/α,β-unsaturated/α-hetero) is 1. The van der Waals surface area contributed by atoms with Gasteiger partial charge in [0.15, 0.2) is 11.5 Å². The molecule has 0 spiro atoms. The largest absolute Gasteiger partial charge is 0.293 e. The first-order valence-electron chi connectivity index (χ1n) is 4.18. The zero-order chi connectivity index (χ0) is 9.84. The van der Waals surface area contributed by atoms with E-state index in [2.05, 4.69) is 5.10 Å². The van der Waals surface area contributed by atoms with Crippen molar-refractivity contribution < 1.29 is 4.79 Å². The van der Waals surface area contributed by atoms with Crippen LogP contribution in [-0.4, -0.2) is 15.6 Å². The second-order valence-electron chi connectivity index (χ2n) is 2.81. The van der Waals surface area contributed by atoms with Crippen LogP contribution in [0.4, 0.5) is 0 Å². The van der Waals surface area contributed by atoms with Crippen LogP contribution in [0.3, 0.4) is 0 Å². The lowest BCUT2D eigenvalue weighted by Gasteiger charge is -2.00. The predicted octanol–water partition coefficient (Wildman–Crippen LogP) is 1.37. The van der Waals surface area contributed by atoms with Gasteiger partial charge in [-0.3, -0.25) is 9.48 Å². The molecule has 0 radical (unpaired) electrons. The van der Waals surface area contributed by atoms with E-state index in [0.717, 1.165) is 6.42 Å². The average molecular weight is 177 g/mol. The van der Waals surface area contributed by atoms with Crippen molar-refractivity contribution in [3.05, 3.63) is 17.5 Å². The van der Waals surface area contributed by atoms with E-state index in [1.54, 1.807) is 4.68 Å². The van der Waals surface area contributed by atoms with Crippen molar-refractivity contribution in [2.24, 2.45) is 0 Å². The zero-order valence-corrected chi connectivity index (χ0v) is 7.74.